The summed E-state index contributed by atoms with van der Waals surface area (Å²) >= 11 is 1.33. The number of benzene rings is 2. The van der Waals surface area contributed by atoms with E-state index in [2.05, 4.69) is 25.6 Å². The summed E-state index contributed by atoms with van der Waals surface area (Å²) in [6.45, 7) is 3.76. The molecule has 4 rings (SSSR count). The first-order valence-corrected chi connectivity index (χ1v) is 11.1. The predicted molar refractivity (Wildman–Crippen MR) is 123 cm³/mol. The fourth-order valence-corrected chi connectivity index (χ4v) is 4.14. The van der Waals surface area contributed by atoms with Gasteiger partial charge < -0.3 is 10.1 Å². The lowest BCUT2D eigenvalue weighted by molar-refractivity contribution is 0.102. The average molecular weight is 483 g/mol. The minimum atomic E-state index is -1.07. The molecule has 2 heterocycles. The molecule has 0 fully saturated rings. The molecule has 4 aromatic rings. The van der Waals surface area contributed by atoms with E-state index in [1.165, 1.54) is 22.5 Å². The third-order valence-corrected chi connectivity index (χ3v) is 5.63. The molecule has 34 heavy (non-hydrogen) atoms. The maximum Gasteiger partial charge on any atom is 0.278 e. The molecule has 0 atom stereocenters. The van der Waals surface area contributed by atoms with Crippen LogP contribution in [-0.2, 0) is 5.75 Å². The van der Waals surface area contributed by atoms with Crippen molar-refractivity contribution in [1.82, 2.24) is 25.0 Å². The summed E-state index contributed by atoms with van der Waals surface area (Å²) in [7, 11) is 1.57. The predicted octanol–water partition coefficient (Wildman–Crippen LogP) is 4.51. The molecule has 0 saturated heterocycles. The second kappa shape index (κ2) is 9.96. The van der Waals surface area contributed by atoms with E-state index >= 15 is 0 Å². The van der Waals surface area contributed by atoms with Crippen LogP contribution in [0.25, 0.3) is 5.69 Å². The number of aryl methyl sites for hydroxylation is 2. The van der Waals surface area contributed by atoms with E-state index < -0.39 is 17.5 Å². The molecule has 0 saturated carbocycles. The second-order valence-corrected chi connectivity index (χ2v) is 8.24. The number of nitrogens with one attached hydrogen (secondary N) is 1. The second-order valence-electron chi connectivity index (χ2n) is 7.30. The summed E-state index contributed by atoms with van der Waals surface area (Å²) in [5.41, 5.74) is 2.94. The Morgan fingerprint density at radius 2 is 1.74 bits per heavy atom. The van der Waals surface area contributed by atoms with Crippen LogP contribution < -0.4 is 10.1 Å². The highest BCUT2D eigenvalue weighted by Crippen LogP contribution is 2.25. The number of methoxy groups -OCH3 is 1. The van der Waals surface area contributed by atoms with Gasteiger partial charge in [0.2, 0.25) is 0 Å². The number of ether oxygens (including phenoxy) is 1. The maximum atomic E-state index is 13.6. The Kier molecular flexibility index (Phi) is 6.82. The highest BCUT2D eigenvalue weighted by Gasteiger charge is 2.22. The van der Waals surface area contributed by atoms with E-state index in [4.69, 9.17) is 4.74 Å². The van der Waals surface area contributed by atoms with E-state index in [9.17, 15) is 13.6 Å². The summed E-state index contributed by atoms with van der Waals surface area (Å²) in [6, 6.07) is 12.1. The fraction of sp³-hybridized carbons (Fsp3) is 0.174. The van der Waals surface area contributed by atoms with Gasteiger partial charge in [-0.3, -0.25) is 4.79 Å². The van der Waals surface area contributed by atoms with Crippen LogP contribution >= 0.6 is 11.8 Å². The standard InChI is InChI=1S/C23H20F2N6O2S/c1-13-10-14(2)27-23(26-13)34-12-20-21(22(32)28-15-4-9-18(24)19(25)11-15)29-30-31(20)16-5-7-17(33-3)8-6-16/h4-11H,12H2,1-3H3,(H,28,32). The van der Waals surface area contributed by atoms with Crippen molar-refractivity contribution in [2.75, 3.05) is 12.4 Å². The zero-order chi connectivity index (χ0) is 24.2. The van der Waals surface area contributed by atoms with Crippen LogP contribution in [0.15, 0.2) is 53.7 Å². The largest absolute Gasteiger partial charge is 0.497 e. The Hall–Kier alpha value is -3.86. The third-order valence-electron chi connectivity index (χ3n) is 4.77. The first-order valence-electron chi connectivity index (χ1n) is 10.1. The number of carbonyl (C=O) groups is 1. The summed E-state index contributed by atoms with van der Waals surface area (Å²) in [4.78, 5) is 21.8. The van der Waals surface area contributed by atoms with Gasteiger partial charge in [-0.1, -0.05) is 17.0 Å². The number of thioether (sulfide) groups is 1. The van der Waals surface area contributed by atoms with E-state index in [0.29, 0.717) is 22.3 Å². The van der Waals surface area contributed by atoms with Crippen molar-refractivity contribution in [3.63, 3.8) is 0 Å². The van der Waals surface area contributed by atoms with Crippen molar-refractivity contribution >= 4 is 23.4 Å². The Labute approximate surface area is 198 Å². The molecular formula is C23H20F2N6O2S. The van der Waals surface area contributed by atoms with Gasteiger partial charge in [0.25, 0.3) is 5.91 Å². The lowest BCUT2D eigenvalue weighted by atomic mass is 10.2. The molecule has 174 valence electrons. The molecule has 0 aliphatic carbocycles. The molecule has 0 aliphatic heterocycles. The van der Waals surface area contributed by atoms with E-state index in [0.717, 1.165) is 23.5 Å². The minimum Gasteiger partial charge on any atom is -0.497 e. The lowest BCUT2D eigenvalue weighted by Crippen LogP contribution is -2.15. The van der Waals surface area contributed by atoms with Gasteiger partial charge in [-0.15, -0.1) is 5.10 Å². The molecule has 11 heteroatoms. The van der Waals surface area contributed by atoms with Crippen LogP contribution in [0.2, 0.25) is 0 Å². The quantitative estimate of drug-likeness (QED) is 0.306. The molecule has 2 aromatic heterocycles. The van der Waals surface area contributed by atoms with Gasteiger partial charge in [-0.2, -0.15) is 0 Å². The van der Waals surface area contributed by atoms with E-state index in [1.54, 1.807) is 31.4 Å². The summed E-state index contributed by atoms with van der Waals surface area (Å²) in [5.74, 6) is -1.73. The smallest absolute Gasteiger partial charge is 0.278 e. The normalized spacial score (nSPS) is 10.9. The first kappa shape index (κ1) is 23.3. The minimum absolute atomic E-state index is 0.0393. The summed E-state index contributed by atoms with van der Waals surface area (Å²) in [5, 5.41) is 11.3. The van der Waals surface area contributed by atoms with Gasteiger partial charge in [0.15, 0.2) is 22.5 Å². The van der Waals surface area contributed by atoms with Crippen molar-refractivity contribution < 1.29 is 18.3 Å². The van der Waals surface area contributed by atoms with Crippen LogP contribution in [0.1, 0.15) is 27.6 Å². The zero-order valence-electron chi connectivity index (χ0n) is 18.5. The van der Waals surface area contributed by atoms with Crippen LogP contribution in [0.4, 0.5) is 14.5 Å². The highest BCUT2D eigenvalue weighted by molar-refractivity contribution is 7.98. The topological polar surface area (TPSA) is 94.8 Å². The van der Waals surface area contributed by atoms with Crippen molar-refractivity contribution in [1.29, 1.82) is 0 Å². The van der Waals surface area contributed by atoms with Crippen molar-refractivity contribution in [2.45, 2.75) is 24.8 Å². The molecule has 1 amide bonds. The molecule has 0 unspecified atom stereocenters. The Morgan fingerprint density at radius 1 is 1.03 bits per heavy atom. The van der Waals surface area contributed by atoms with E-state index in [-0.39, 0.29) is 17.1 Å². The molecule has 2 aromatic carbocycles. The highest BCUT2D eigenvalue weighted by atomic mass is 32.2. The Balaban J connectivity index is 1.67. The number of amides is 1. The molecule has 0 aliphatic rings. The lowest BCUT2D eigenvalue weighted by Gasteiger charge is -2.10. The van der Waals surface area contributed by atoms with Crippen molar-refractivity contribution in [3.8, 4) is 11.4 Å². The van der Waals surface area contributed by atoms with Gasteiger partial charge in [0.05, 0.1) is 18.5 Å². The first-order chi connectivity index (χ1) is 16.3. The number of nitrogens with zero attached hydrogens (tertiary/aromatic N) is 5. The molecule has 0 bridgehead atoms. The fourth-order valence-electron chi connectivity index (χ4n) is 3.19. The number of halogens is 2. The SMILES string of the molecule is COc1ccc(-n2nnc(C(=O)Nc3ccc(F)c(F)c3)c2CSc2nc(C)cc(C)n2)cc1. The van der Waals surface area contributed by atoms with Crippen LogP contribution in [0.3, 0.4) is 0 Å². The molecule has 0 spiro atoms. The van der Waals surface area contributed by atoms with Gasteiger partial charge in [0, 0.05) is 28.9 Å². The number of hydrogen-bond donors (Lipinski definition) is 1. The molecular weight excluding hydrogens is 462 g/mol. The monoisotopic (exact) mass is 482 g/mol. The Bertz CT molecular complexity index is 1320. The number of rotatable bonds is 7. The van der Waals surface area contributed by atoms with Gasteiger partial charge in [0.1, 0.15) is 5.75 Å². The number of hydrogen-bond acceptors (Lipinski definition) is 7. The van der Waals surface area contributed by atoms with Gasteiger partial charge in [-0.25, -0.2) is 23.4 Å². The van der Waals surface area contributed by atoms with Crippen molar-refractivity contribution in [3.05, 3.63) is 82.9 Å². The van der Waals surface area contributed by atoms with E-state index in [1.807, 2.05) is 19.9 Å². The third kappa shape index (κ3) is 5.20. The van der Waals surface area contributed by atoms with Gasteiger partial charge in [-0.05, 0) is 56.3 Å². The number of anilines is 1. The summed E-state index contributed by atoms with van der Waals surface area (Å²) in [6.07, 6.45) is 0. The zero-order valence-corrected chi connectivity index (χ0v) is 19.4. The van der Waals surface area contributed by atoms with Crippen molar-refractivity contribution in [2.24, 2.45) is 0 Å². The van der Waals surface area contributed by atoms with Crippen LogP contribution in [0.5, 0.6) is 5.75 Å². The number of carbonyl (C=O) groups excluding carboxylic acids is 1. The molecule has 0 radical (unpaired) electrons. The van der Waals surface area contributed by atoms with Crippen LogP contribution in [-0.4, -0.2) is 38.0 Å². The maximum absolute atomic E-state index is 13.6. The van der Waals surface area contributed by atoms with Gasteiger partial charge >= 0.3 is 0 Å². The molecule has 8 nitrogen and oxygen atoms in total. The Morgan fingerprint density at radius 3 is 2.38 bits per heavy atom. The number of aromatic nitrogens is 5. The summed E-state index contributed by atoms with van der Waals surface area (Å²) < 4.78 is 33.6. The molecule has 1 N–H and O–H groups in total. The van der Waals surface area contributed by atoms with Crippen LogP contribution in [0, 0.1) is 25.5 Å². The average Bonchev–Trinajstić information content (AvgIpc) is 3.23.